The summed E-state index contributed by atoms with van der Waals surface area (Å²) in [5, 5.41) is 10.3. The van der Waals surface area contributed by atoms with Crippen molar-refractivity contribution < 1.29 is 28.1 Å². The molecular weight excluding hydrogens is 382 g/mol. The summed E-state index contributed by atoms with van der Waals surface area (Å²) >= 11 is 0. The van der Waals surface area contributed by atoms with E-state index in [4.69, 9.17) is 14.2 Å². The number of hydrogen-bond donors (Lipinski definition) is 1. The molecule has 1 aromatic rings. The van der Waals surface area contributed by atoms with E-state index >= 15 is 0 Å². The van der Waals surface area contributed by atoms with Crippen molar-refractivity contribution in [3.8, 4) is 11.5 Å². The molecule has 2 fully saturated rings. The summed E-state index contributed by atoms with van der Waals surface area (Å²) in [4.78, 5) is 3.95. The molecule has 0 aromatic heterocycles. The van der Waals surface area contributed by atoms with Crippen LogP contribution in [0.15, 0.2) is 18.2 Å². The average molecular weight is 414 g/mol. The van der Waals surface area contributed by atoms with Gasteiger partial charge in [0.05, 0.1) is 20.3 Å². The summed E-state index contributed by atoms with van der Waals surface area (Å²) < 4.78 is 43.8. The van der Waals surface area contributed by atoms with Crippen molar-refractivity contribution in [3.63, 3.8) is 0 Å². The van der Waals surface area contributed by atoms with Crippen molar-refractivity contribution in [2.45, 2.75) is 37.8 Å². The maximum atomic E-state index is 13.6. The molecule has 164 valence electrons. The second kappa shape index (κ2) is 10.5. The molecule has 2 saturated heterocycles. The number of ether oxygens (including phenoxy) is 3. The van der Waals surface area contributed by atoms with Crippen LogP contribution in [0, 0.1) is 0 Å². The molecule has 1 unspecified atom stereocenters. The third-order valence-corrected chi connectivity index (χ3v) is 5.32. The zero-order chi connectivity index (χ0) is 20.7. The number of likely N-dealkylation sites (tertiary alicyclic amines) is 1. The van der Waals surface area contributed by atoms with Crippen LogP contribution in [0.4, 0.5) is 8.78 Å². The Bertz CT molecular complexity index is 639. The van der Waals surface area contributed by atoms with E-state index in [-0.39, 0.29) is 19.6 Å². The van der Waals surface area contributed by atoms with Crippen LogP contribution in [0.3, 0.4) is 0 Å². The van der Waals surface area contributed by atoms with Gasteiger partial charge in [0.2, 0.25) is 0 Å². The predicted molar refractivity (Wildman–Crippen MR) is 106 cm³/mol. The first-order valence-corrected chi connectivity index (χ1v) is 10.3. The lowest BCUT2D eigenvalue weighted by atomic mass is 10.1. The van der Waals surface area contributed by atoms with Gasteiger partial charge in [0.25, 0.3) is 5.92 Å². The Kier molecular flexibility index (Phi) is 8.06. The molecule has 1 N–H and O–H groups in total. The van der Waals surface area contributed by atoms with Gasteiger partial charge in [-0.2, -0.15) is 0 Å². The van der Waals surface area contributed by atoms with Gasteiger partial charge in [-0.25, -0.2) is 8.78 Å². The number of halogens is 2. The molecule has 0 radical (unpaired) electrons. The maximum Gasteiger partial charge on any atom is 0.260 e. The quantitative estimate of drug-likeness (QED) is 0.705. The van der Waals surface area contributed by atoms with Crippen molar-refractivity contribution in [1.82, 2.24) is 9.80 Å². The number of benzene rings is 1. The van der Waals surface area contributed by atoms with Crippen molar-refractivity contribution in [2.75, 3.05) is 59.7 Å². The third-order valence-electron chi connectivity index (χ3n) is 5.32. The van der Waals surface area contributed by atoms with E-state index in [1.54, 1.807) is 18.1 Å². The molecule has 0 aliphatic carbocycles. The first-order valence-electron chi connectivity index (χ1n) is 10.3. The van der Waals surface area contributed by atoms with Gasteiger partial charge < -0.3 is 19.3 Å². The molecule has 2 aliphatic heterocycles. The highest BCUT2D eigenvalue weighted by Gasteiger charge is 2.34. The fourth-order valence-corrected chi connectivity index (χ4v) is 3.89. The van der Waals surface area contributed by atoms with Gasteiger partial charge in [0.15, 0.2) is 11.5 Å². The Morgan fingerprint density at radius 3 is 2.76 bits per heavy atom. The molecule has 29 heavy (non-hydrogen) atoms. The molecular formula is C21H32F2N2O4. The van der Waals surface area contributed by atoms with E-state index < -0.39 is 12.0 Å². The van der Waals surface area contributed by atoms with Crippen LogP contribution in [0.1, 0.15) is 24.8 Å². The normalized spacial score (nSPS) is 22.1. The van der Waals surface area contributed by atoms with E-state index in [0.29, 0.717) is 44.2 Å². The summed E-state index contributed by atoms with van der Waals surface area (Å²) in [6.07, 6.45) is 0.818. The van der Waals surface area contributed by atoms with Crippen molar-refractivity contribution in [1.29, 1.82) is 0 Å². The zero-order valence-corrected chi connectivity index (χ0v) is 17.1. The molecule has 8 heteroatoms. The van der Waals surface area contributed by atoms with Crippen LogP contribution in [0.25, 0.3) is 0 Å². The molecule has 1 aromatic carbocycles. The van der Waals surface area contributed by atoms with Crippen molar-refractivity contribution in [3.05, 3.63) is 23.8 Å². The highest BCUT2D eigenvalue weighted by atomic mass is 19.3. The Hall–Kier alpha value is -1.48. The van der Waals surface area contributed by atoms with E-state index in [2.05, 4.69) is 4.90 Å². The van der Waals surface area contributed by atoms with Crippen LogP contribution >= 0.6 is 0 Å². The maximum absolute atomic E-state index is 13.6. The highest BCUT2D eigenvalue weighted by Crippen LogP contribution is 2.31. The predicted octanol–water partition coefficient (Wildman–Crippen LogP) is 2.39. The molecule has 0 amide bonds. The first kappa shape index (κ1) is 22.2. The fourth-order valence-electron chi connectivity index (χ4n) is 3.89. The lowest BCUT2D eigenvalue weighted by Crippen LogP contribution is -2.42. The molecule has 2 aliphatic rings. The number of β-amino-alcohol motifs (C(OH)–C–C–N with tert-alkyl or cyclic N) is 1. The fraction of sp³-hybridized carbons (Fsp3) is 0.714. The van der Waals surface area contributed by atoms with Crippen LogP contribution in [-0.2, 0) is 11.3 Å². The Morgan fingerprint density at radius 1 is 1.14 bits per heavy atom. The van der Waals surface area contributed by atoms with Crippen molar-refractivity contribution >= 4 is 0 Å². The third kappa shape index (κ3) is 7.06. The number of alkyl halides is 2. The monoisotopic (exact) mass is 414 g/mol. The SMILES string of the molecule is COc1cc(CN2CCCC(F)(F)C2)ccc1OCC(O)CN1CCCOCC1. The van der Waals surface area contributed by atoms with E-state index in [1.807, 2.05) is 12.1 Å². The minimum atomic E-state index is -2.61. The lowest BCUT2D eigenvalue weighted by molar-refractivity contribution is -0.0661. The smallest absolute Gasteiger partial charge is 0.260 e. The first-order chi connectivity index (χ1) is 13.9. The molecule has 0 bridgehead atoms. The minimum Gasteiger partial charge on any atom is -0.493 e. The van der Waals surface area contributed by atoms with Gasteiger partial charge >= 0.3 is 0 Å². The largest absolute Gasteiger partial charge is 0.493 e. The van der Waals surface area contributed by atoms with Crippen LogP contribution in [0.5, 0.6) is 11.5 Å². The van der Waals surface area contributed by atoms with Gasteiger partial charge in [0, 0.05) is 39.2 Å². The molecule has 2 heterocycles. The second-order valence-electron chi connectivity index (χ2n) is 7.89. The summed E-state index contributed by atoms with van der Waals surface area (Å²) in [6.45, 7) is 4.78. The topological polar surface area (TPSA) is 54.4 Å². The van der Waals surface area contributed by atoms with E-state index in [9.17, 15) is 13.9 Å². The Morgan fingerprint density at radius 2 is 1.97 bits per heavy atom. The lowest BCUT2D eigenvalue weighted by Gasteiger charge is -2.32. The molecule has 1 atom stereocenters. The number of hydrogen-bond acceptors (Lipinski definition) is 6. The summed E-state index contributed by atoms with van der Waals surface area (Å²) in [5.74, 6) is -1.53. The van der Waals surface area contributed by atoms with E-state index in [1.165, 1.54) is 0 Å². The second-order valence-corrected chi connectivity index (χ2v) is 7.89. The summed E-state index contributed by atoms with van der Waals surface area (Å²) in [5.41, 5.74) is 0.900. The molecule has 6 nitrogen and oxygen atoms in total. The number of piperidine rings is 1. The van der Waals surface area contributed by atoms with Gasteiger partial charge in [-0.1, -0.05) is 6.07 Å². The van der Waals surface area contributed by atoms with E-state index in [0.717, 1.165) is 31.7 Å². The summed E-state index contributed by atoms with van der Waals surface area (Å²) in [7, 11) is 1.55. The van der Waals surface area contributed by atoms with Crippen LogP contribution in [0.2, 0.25) is 0 Å². The average Bonchev–Trinajstić information content (AvgIpc) is 2.94. The van der Waals surface area contributed by atoms with Crippen LogP contribution < -0.4 is 9.47 Å². The molecule has 3 rings (SSSR count). The Balaban J connectivity index is 1.51. The zero-order valence-electron chi connectivity index (χ0n) is 17.1. The van der Waals surface area contributed by atoms with Gasteiger partial charge in [-0.3, -0.25) is 9.80 Å². The molecule has 0 saturated carbocycles. The number of nitrogens with zero attached hydrogens (tertiary/aromatic N) is 2. The number of rotatable bonds is 8. The Labute approximate surface area is 171 Å². The number of methoxy groups -OCH3 is 1. The highest BCUT2D eigenvalue weighted by molar-refractivity contribution is 5.43. The number of aliphatic hydroxyl groups excluding tert-OH is 1. The molecule has 0 spiro atoms. The minimum absolute atomic E-state index is 0.0353. The van der Waals surface area contributed by atoms with Gasteiger partial charge in [-0.15, -0.1) is 0 Å². The van der Waals surface area contributed by atoms with Crippen molar-refractivity contribution in [2.24, 2.45) is 0 Å². The number of aliphatic hydroxyl groups is 1. The van der Waals surface area contributed by atoms with Gasteiger partial charge in [0.1, 0.15) is 12.7 Å². The summed E-state index contributed by atoms with van der Waals surface area (Å²) in [6, 6.07) is 5.46. The standard InChI is InChI=1S/C21H32F2N2O4/c1-27-20-12-17(13-25-7-2-6-21(22,23)16-25)4-5-19(20)29-15-18(26)14-24-8-3-10-28-11-9-24/h4-5,12,18,26H,2-3,6-11,13-16H2,1H3. The van der Waals surface area contributed by atoms with Gasteiger partial charge in [-0.05, 0) is 37.1 Å². The van der Waals surface area contributed by atoms with Crippen LogP contribution in [-0.4, -0.2) is 86.6 Å².